The molecule has 1 aromatic rings. The van der Waals surface area contributed by atoms with Crippen molar-refractivity contribution in [3.05, 3.63) is 28.2 Å². The minimum Gasteiger partial charge on any atom is -0.398 e. The Morgan fingerprint density at radius 2 is 2.05 bits per heavy atom. The van der Waals surface area contributed by atoms with Gasteiger partial charge in [-0.3, -0.25) is 9.80 Å². The molecule has 2 fully saturated rings. The largest absolute Gasteiger partial charge is 0.398 e. The summed E-state index contributed by atoms with van der Waals surface area (Å²) in [7, 11) is 0. The van der Waals surface area contributed by atoms with Gasteiger partial charge in [0.15, 0.2) is 0 Å². The number of rotatable bonds is 3. The fraction of sp³-hybridized carbons (Fsp3) is 0.600. The maximum atomic E-state index is 6.09. The van der Waals surface area contributed by atoms with Crippen molar-refractivity contribution in [2.24, 2.45) is 0 Å². The molecule has 1 unspecified atom stereocenters. The summed E-state index contributed by atoms with van der Waals surface area (Å²) in [5.41, 5.74) is 8.19. The van der Waals surface area contributed by atoms with Gasteiger partial charge in [-0.1, -0.05) is 22.0 Å². The molecule has 0 amide bonds. The number of ether oxygens (including phenoxy) is 1. The summed E-state index contributed by atoms with van der Waals surface area (Å²) in [6.07, 6.45) is 1.25. The topological polar surface area (TPSA) is 41.7 Å². The molecule has 0 radical (unpaired) electrons. The first-order valence-corrected chi connectivity index (χ1v) is 8.10. The van der Waals surface area contributed by atoms with E-state index in [4.69, 9.17) is 10.5 Å². The van der Waals surface area contributed by atoms with Crippen molar-refractivity contribution in [2.75, 3.05) is 45.1 Å². The molecular formula is C15H22BrN3O. The van der Waals surface area contributed by atoms with Gasteiger partial charge in [-0.15, -0.1) is 0 Å². The zero-order chi connectivity index (χ0) is 13.9. The molecule has 3 rings (SSSR count). The van der Waals surface area contributed by atoms with Crippen LogP contribution in [0.25, 0.3) is 0 Å². The average molecular weight is 340 g/mol. The van der Waals surface area contributed by atoms with Crippen LogP contribution in [0.1, 0.15) is 12.0 Å². The maximum absolute atomic E-state index is 6.09. The Morgan fingerprint density at radius 1 is 1.25 bits per heavy atom. The zero-order valence-electron chi connectivity index (χ0n) is 11.7. The van der Waals surface area contributed by atoms with Crippen LogP contribution in [-0.2, 0) is 11.3 Å². The van der Waals surface area contributed by atoms with Gasteiger partial charge in [0.2, 0.25) is 0 Å². The molecule has 0 spiro atoms. The van der Waals surface area contributed by atoms with E-state index in [0.717, 1.165) is 56.1 Å². The van der Waals surface area contributed by atoms with E-state index in [0.29, 0.717) is 6.04 Å². The summed E-state index contributed by atoms with van der Waals surface area (Å²) in [5.74, 6) is 0. The molecule has 20 heavy (non-hydrogen) atoms. The van der Waals surface area contributed by atoms with E-state index in [1.807, 2.05) is 12.1 Å². The second-order valence-electron chi connectivity index (χ2n) is 5.63. The van der Waals surface area contributed by atoms with E-state index in [1.54, 1.807) is 0 Å². The smallest absolute Gasteiger partial charge is 0.0594 e. The highest BCUT2D eigenvalue weighted by molar-refractivity contribution is 9.10. The third-order valence-electron chi connectivity index (χ3n) is 4.35. The van der Waals surface area contributed by atoms with Crippen LogP contribution >= 0.6 is 15.9 Å². The number of nitrogen functional groups attached to an aromatic ring is 1. The van der Waals surface area contributed by atoms with Crippen LogP contribution in [0.4, 0.5) is 5.69 Å². The minimum atomic E-state index is 0.683. The molecule has 1 aromatic carbocycles. The summed E-state index contributed by atoms with van der Waals surface area (Å²) in [6, 6.07) is 6.72. The Balaban J connectivity index is 1.60. The normalized spacial score (nSPS) is 25.1. The lowest BCUT2D eigenvalue weighted by Gasteiger charge is -2.32. The number of halogens is 1. The van der Waals surface area contributed by atoms with Crippen molar-refractivity contribution < 1.29 is 4.74 Å². The maximum Gasteiger partial charge on any atom is 0.0594 e. The monoisotopic (exact) mass is 339 g/mol. The van der Waals surface area contributed by atoms with Gasteiger partial charge in [-0.25, -0.2) is 0 Å². The van der Waals surface area contributed by atoms with Gasteiger partial charge < -0.3 is 10.5 Å². The molecule has 110 valence electrons. The first kappa shape index (κ1) is 14.3. The van der Waals surface area contributed by atoms with Gasteiger partial charge >= 0.3 is 0 Å². The van der Waals surface area contributed by atoms with E-state index >= 15 is 0 Å². The Morgan fingerprint density at radius 3 is 2.80 bits per heavy atom. The minimum absolute atomic E-state index is 0.683. The molecule has 2 aliphatic heterocycles. The molecule has 5 heteroatoms. The Labute approximate surface area is 129 Å². The number of hydrogen-bond acceptors (Lipinski definition) is 4. The van der Waals surface area contributed by atoms with Crippen LogP contribution in [-0.4, -0.2) is 55.2 Å². The molecule has 2 N–H and O–H groups in total. The highest BCUT2D eigenvalue weighted by Gasteiger charge is 2.29. The molecule has 0 bridgehead atoms. The second-order valence-corrected chi connectivity index (χ2v) is 6.49. The SMILES string of the molecule is Nc1cccc(Br)c1CN1CCC(N2CCOCC2)C1. The molecular weight excluding hydrogens is 318 g/mol. The number of morpholine rings is 1. The van der Waals surface area contributed by atoms with Crippen molar-refractivity contribution in [3.8, 4) is 0 Å². The molecule has 1 atom stereocenters. The van der Waals surface area contributed by atoms with Gasteiger partial charge in [0.1, 0.15) is 0 Å². The summed E-state index contributed by atoms with van der Waals surface area (Å²) < 4.78 is 6.55. The lowest BCUT2D eigenvalue weighted by atomic mass is 10.1. The van der Waals surface area contributed by atoms with Crippen molar-refractivity contribution in [1.29, 1.82) is 0 Å². The predicted molar refractivity (Wildman–Crippen MR) is 84.6 cm³/mol. The van der Waals surface area contributed by atoms with Crippen molar-refractivity contribution in [2.45, 2.75) is 19.0 Å². The summed E-state index contributed by atoms with van der Waals surface area (Å²) in [6.45, 7) is 7.16. The lowest BCUT2D eigenvalue weighted by molar-refractivity contribution is 0.0184. The predicted octanol–water partition coefficient (Wildman–Crippen LogP) is 1.94. The Hall–Kier alpha value is -0.620. The first-order valence-electron chi connectivity index (χ1n) is 7.31. The van der Waals surface area contributed by atoms with Crippen molar-refractivity contribution >= 4 is 21.6 Å². The van der Waals surface area contributed by atoms with Gasteiger partial charge in [-0.05, 0) is 18.6 Å². The van der Waals surface area contributed by atoms with Gasteiger partial charge in [0.25, 0.3) is 0 Å². The third kappa shape index (κ3) is 3.17. The zero-order valence-corrected chi connectivity index (χ0v) is 13.3. The van der Waals surface area contributed by atoms with E-state index in [9.17, 15) is 0 Å². The summed E-state index contributed by atoms with van der Waals surface area (Å²) in [4.78, 5) is 5.09. The van der Waals surface area contributed by atoms with E-state index in [-0.39, 0.29) is 0 Å². The number of hydrogen-bond donors (Lipinski definition) is 1. The highest BCUT2D eigenvalue weighted by atomic mass is 79.9. The Kier molecular flexibility index (Phi) is 4.61. The molecule has 2 saturated heterocycles. The fourth-order valence-corrected chi connectivity index (χ4v) is 3.67. The van der Waals surface area contributed by atoms with E-state index in [1.165, 1.54) is 12.0 Å². The number of nitrogens with zero attached hydrogens (tertiary/aromatic N) is 2. The lowest BCUT2D eigenvalue weighted by Crippen LogP contribution is -2.44. The first-order chi connectivity index (χ1) is 9.74. The van der Waals surface area contributed by atoms with E-state index < -0.39 is 0 Å². The summed E-state index contributed by atoms with van der Waals surface area (Å²) >= 11 is 3.61. The van der Waals surface area contributed by atoms with Gasteiger partial charge in [0.05, 0.1) is 13.2 Å². The van der Waals surface area contributed by atoms with Gasteiger partial charge in [0, 0.05) is 54.5 Å². The number of nitrogens with two attached hydrogens (primary N) is 1. The number of anilines is 1. The third-order valence-corrected chi connectivity index (χ3v) is 5.09. The van der Waals surface area contributed by atoms with Crippen LogP contribution in [0, 0.1) is 0 Å². The van der Waals surface area contributed by atoms with Crippen molar-refractivity contribution in [1.82, 2.24) is 9.80 Å². The number of benzene rings is 1. The second kappa shape index (κ2) is 6.43. The molecule has 2 heterocycles. The Bertz CT molecular complexity index is 442. The highest BCUT2D eigenvalue weighted by Crippen LogP contribution is 2.26. The van der Waals surface area contributed by atoms with Crippen LogP contribution < -0.4 is 5.73 Å². The molecule has 0 saturated carbocycles. The van der Waals surface area contributed by atoms with Crippen LogP contribution in [0.2, 0.25) is 0 Å². The molecule has 0 aromatic heterocycles. The molecule has 0 aliphatic carbocycles. The molecule has 4 nitrogen and oxygen atoms in total. The summed E-state index contributed by atoms with van der Waals surface area (Å²) in [5, 5.41) is 0. The van der Waals surface area contributed by atoms with Crippen molar-refractivity contribution in [3.63, 3.8) is 0 Å². The fourth-order valence-electron chi connectivity index (χ4n) is 3.16. The van der Waals surface area contributed by atoms with Crippen LogP contribution in [0.5, 0.6) is 0 Å². The van der Waals surface area contributed by atoms with E-state index in [2.05, 4.69) is 31.8 Å². The number of likely N-dealkylation sites (tertiary alicyclic amines) is 1. The van der Waals surface area contributed by atoms with Crippen LogP contribution in [0.3, 0.4) is 0 Å². The molecule has 2 aliphatic rings. The quantitative estimate of drug-likeness (QED) is 0.854. The standard InChI is InChI=1S/C15H22BrN3O/c16-14-2-1-3-15(17)13(14)11-18-5-4-12(10-18)19-6-8-20-9-7-19/h1-3,12H,4-11,17H2. The van der Waals surface area contributed by atoms with Crippen LogP contribution in [0.15, 0.2) is 22.7 Å². The van der Waals surface area contributed by atoms with Gasteiger partial charge in [-0.2, -0.15) is 0 Å². The average Bonchev–Trinajstić information content (AvgIpc) is 2.93.